The van der Waals surface area contributed by atoms with Gasteiger partial charge < -0.3 is 11.1 Å². The average molecular weight is 194 g/mol. The average Bonchev–Trinajstić information content (AvgIpc) is 2.17. The molecule has 1 aromatic rings. The van der Waals surface area contributed by atoms with Gasteiger partial charge >= 0.3 is 0 Å². The first kappa shape index (κ1) is 10.9. The van der Waals surface area contributed by atoms with E-state index in [0.717, 1.165) is 25.1 Å². The Balaban J connectivity index is 2.31. The molecule has 4 nitrogen and oxygen atoms in total. The SMILES string of the molecule is CCC(N)CCNc1nccc(C)n1. The Labute approximate surface area is 85.0 Å². The molecule has 78 valence electrons. The number of aryl methyl sites for hydroxylation is 1. The predicted molar refractivity (Wildman–Crippen MR) is 58.1 cm³/mol. The zero-order valence-electron chi connectivity index (χ0n) is 8.83. The topological polar surface area (TPSA) is 63.8 Å². The minimum atomic E-state index is 0.271. The number of hydrogen-bond acceptors (Lipinski definition) is 4. The van der Waals surface area contributed by atoms with E-state index in [4.69, 9.17) is 5.73 Å². The van der Waals surface area contributed by atoms with Crippen molar-refractivity contribution in [2.24, 2.45) is 5.73 Å². The zero-order valence-corrected chi connectivity index (χ0v) is 8.83. The standard InChI is InChI=1S/C10H18N4/c1-3-9(11)5-7-13-10-12-6-4-8(2)14-10/h4,6,9H,3,5,7,11H2,1-2H3,(H,12,13,14). The molecule has 0 saturated carbocycles. The normalized spacial score (nSPS) is 12.5. The second-order valence-corrected chi connectivity index (χ2v) is 3.41. The molecule has 0 aliphatic rings. The highest BCUT2D eigenvalue weighted by atomic mass is 15.1. The summed E-state index contributed by atoms with van der Waals surface area (Å²) in [6.45, 7) is 4.87. The van der Waals surface area contributed by atoms with Crippen LogP contribution in [0.25, 0.3) is 0 Å². The van der Waals surface area contributed by atoms with Gasteiger partial charge in [-0.3, -0.25) is 0 Å². The van der Waals surface area contributed by atoms with E-state index in [9.17, 15) is 0 Å². The minimum absolute atomic E-state index is 0.271. The summed E-state index contributed by atoms with van der Waals surface area (Å²) in [6.07, 6.45) is 3.72. The van der Waals surface area contributed by atoms with Crippen LogP contribution in [0.1, 0.15) is 25.5 Å². The van der Waals surface area contributed by atoms with Crippen LogP contribution in [0.2, 0.25) is 0 Å². The van der Waals surface area contributed by atoms with Crippen LogP contribution in [-0.2, 0) is 0 Å². The van der Waals surface area contributed by atoms with Gasteiger partial charge in [0, 0.05) is 24.5 Å². The Morgan fingerprint density at radius 1 is 1.57 bits per heavy atom. The Bertz CT molecular complexity index is 275. The molecule has 0 spiro atoms. The van der Waals surface area contributed by atoms with Gasteiger partial charge in [0.1, 0.15) is 0 Å². The number of nitrogens with zero attached hydrogens (tertiary/aromatic N) is 2. The van der Waals surface area contributed by atoms with Crippen molar-refractivity contribution in [3.8, 4) is 0 Å². The van der Waals surface area contributed by atoms with Gasteiger partial charge in [-0.2, -0.15) is 0 Å². The van der Waals surface area contributed by atoms with Crippen LogP contribution in [0.15, 0.2) is 12.3 Å². The first-order valence-corrected chi connectivity index (χ1v) is 5.01. The number of anilines is 1. The molecular weight excluding hydrogens is 176 g/mol. The summed E-state index contributed by atoms with van der Waals surface area (Å²) < 4.78 is 0. The second kappa shape index (κ2) is 5.54. The number of nitrogens with two attached hydrogens (primary N) is 1. The van der Waals surface area contributed by atoms with Gasteiger partial charge in [-0.25, -0.2) is 9.97 Å². The number of hydrogen-bond donors (Lipinski definition) is 2. The van der Waals surface area contributed by atoms with E-state index in [-0.39, 0.29) is 6.04 Å². The number of rotatable bonds is 5. The molecule has 0 saturated heterocycles. The summed E-state index contributed by atoms with van der Waals surface area (Å²) in [6, 6.07) is 2.15. The highest BCUT2D eigenvalue weighted by molar-refractivity contribution is 5.24. The van der Waals surface area contributed by atoms with Crippen LogP contribution in [0, 0.1) is 6.92 Å². The van der Waals surface area contributed by atoms with Crippen molar-refractivity contribution in [2.45, 2.75) is 32.7 Å². The molecule has 1 atom stereocenters. The predicted octanol–water partition coefficient (Wildman–Crippen LogP) is 1.32. The lowest BCUT2D eigenvalue weighted by atomic mass is 10.2. The molecule has 0 amide bonds. The second-order valence-electron chi connectivity index (χ2n) is 3.41. The maximum Gasteiger partial charge on any atom is 0.222 e. The molecular formula is C10H18N4. The van der Waals surface area contributed by atoms with Crippen molar-refractivity contribution in [3.05, 3.63) is 18.0 Å². The fourth-order valence-electron chi connectivity index (χ4n) is 1.11. The van der Waals surface area contributed by atoms with Crippen molar-refractivity contribution >= 4 is 5.95 Å². The highest BCUT2D eigenvalue weighted by Crippen LogP contribution is 2.00. The number of nitrogens with one attached hydrogen (secondary N) is 1. The van der Waals surface area contributed by atoms with Crippen LogP contribution in [0.5, 0.6) is 0 Å². The van der Waals surface area contributed by atoms with E-state index in [0.29, 0.717) is 5.95 Å². The van der Waals surface area contributed by atoms with Crippen LogP contribution >= 0.6 is 0 Å². The Morgan fingerprint density at radius 3 is 3.00 bits per heavy atom. The first-order valence-electron chi connectivity index (χ1n) is 5.01. The van der Waals surface area contributed by atoms with Crippen molar-refractivity contribution in [2.75, 3.05) is 11.9 Å². The lowest BCUT2D eigenvalue weighted by Crippen LogP contribution is -2.22. The molecule has 0 fully saturated rings. The third-order valence-corrected chi connectivity index (χ3v) is 2.12. The van der Waals surface area contributed by atoms with Gasteiger partial charge in [-0.15, -0.1) is 0 Å². The molecule has 14 heavy (non-hydrogen) atoms. The molecule has 0 aliphatic heterocycles. The highest BCUT2D eigenvalue weighted by Gasteiger charge is 1.99. The van der Waals surface area contributed by atoms with E-state index in [1.54, 1.807) is 6.20 Å². The molecule has 0 radical (unpaired) electrons. The van der Waals surface area contributed by atoms with Gasteiger partial charge in [0.15, 0.2) is 0 Å². The summed E-state index contributed by atoms with van der Waals surface area (Å²) in [5, 5.41) is 3.15. The van der Waals surface area contributed by atoms with Crippen LogP contribution in [0.3, 0.4) is 0 Å². The van der Waals surface area contributed by atoms with Crippen LogP contribution in [-0.4, -0.2) is 22.6 Å². The molecule has 1 aromatic heterocycles. The lowest BCUT2D eigenvalue weighted by molar-refractivity contribution is 0.612. The first-order chi connectivity index (χ1) is 6.72. The van der Waals surface area contributed by atoms with Crippen LogP contribution < -0.4 is 11.1 Å². The van der Waals surface area contributed by atoms with E-state index >= 15 is 0 Å². The summed E-state index contributed by atoms with van der Waals surface area (Å²) in [4.78, 5) is 8.33. The molecule has 1 heterocycles. The van der Waals surface area contributed by atoms with Crippen molar-refractivity contribution < 1.29 is 0 Å². The van der Waals surface area contributed by atoms with E-state index in [1.165, 1.54) is 0 Å². The molecule has 0 bridgehead atoms. The van der Waals surface area contributed by atoms with E-state index in [1.807, 2.05) is 13.0 Å². The maximum absolute atomic E-state index is 5.79. The summed E-state index contributed by atoms with van der Waals surface area (Å²) in [7, 11) is 0. The van der Waals surface area contributed by atoms with Gasteiger partial charge in [0.2, 0.25) is 5.95 Å². The zero-order chi connectivity index (χ0) is 10.4. The Hall–Kier alpha value is -1.16. The monoisotopic (exact) mass is 194 g/mol. The third-order valence-electron chi connectivity index (χ3n) is 2.12. The van der Waals surface area contributed by atoms with Crippen LogP contribution in [0.4, 0.5) is 5.95 Å². The molecule has 3 N–H and O–H groups in total. The maximum atomic E-state index is 5.79. The summed E-state index contributed by atoms with van der Waals surface area (Å²) >= 11 is 0. The largest absolute Gasteiger partial charge is 0.354 e. The Morgan fingerprint density at radius 2 is 2.36 bits per heavy atom. The van der Waals surface area contributed by atoms with E-state index < -0.39 is 0 Å². The molecule has 1 unspecified atom stereocenters. The minimum Gasteiger partial charge on any atom is -0.354 e. The molecule has 0 aliphatic carbocycles. The van der Waals surface area contributed by atoms with Gasteiger partial charge in [-0.1, -0.05) is 6.92 Å². The molecule has 0 aromatic carbocycles. The number of aromatic nitrogens is 2. The fourth-order valence-corrected chi connectivity index (χ4v) is 1.11. The third kappa shape index (κ3) is 3.70. The van der Waals surface area contributed by atoms with Gasteiger partial charge in [0.05, 0.1) is 0 Å². The quantitative estimate of drug-likeness (QED) is 0.742. The molecule has 1 rings (SSSR count). The lowest BCUT2D eigenvalue weighted by Gasteiger charge is -2.09. The van der Waals surface area contributed by atoms with E-state index in [2.05, 4.69) is 22.2 Å². The van der Waals surface area contributed by atoms with Gasteiger partial charge in [0.25, 0.3) is 0 Å². The van der Waals surface area contributed by atoms with Crippen molar-refractivity contribution in [3.63, 3.8) is 0 Å². The Kier molecular flexibility index (Phi) is 4.32. The summed E-state index contributed by atoms with van der Waals surface area (Å²) in [5.74, 6) is 0.688. The summed E-state index contributed by atoms with van der Waals surface area (Å²) in [5.41, 5.74) is 6.76. The van der Waals surface area contributed by atoms with Crippen molar-refractivity contribution in [1.82, 2.24) is 9.97 Å². The fraction of sp³-hybridized carbons (Fsp3) is 0.600. The molecule has 4 heteroatoms. The van der Waals surface area contributed by atoms with Gasteiger partial charge in [-0.05, 0) is 25.8 Å². The van der Waals surface area contributed by atoms with Crippen molar-refractivity contribution in [1.29, 1.82) is 0 Å². The smallest absolute Gasteiger partial charge is 0.222 e.